The van der Waals surface area contributed by atoms with E-state index in [9.17, 15) is 0 Å². The smallest absolute Gasteiger partial charge is 0.0387 e. The highest BCUT2D eigenvalue weighted by atomic mass is 79.9. The van der Waals surface area contributed by atoms with Crippen molar-refractivity contribution < 1.29 is 0 Å². The quantitative estimate of drug-likeness (QED) is 0.547. The minimum Gasteiger partial charge on any atom is -0.356 e. The topological polar surface area (TPSA) is 12.0 Å². The van der Waals surface area contributed by atoms with Crippen LogP contribution in [0.15, 0.2) is 71.2 Å². The van der Waals surface area contributed by atoms with E-state index in [1.807, 2.05) is 0 Å². The summed E-state index contributed by atoms with van der Waals surface area (Å²) in [5.74, 6) is 0. The van der Waals surface area contributed by atoms with Crippen LogP contribution in [0.25, 0.3) is 11.1 Å². The summed E-state index contributed by atoms with van der Waals surface area (Å²) in [5, 5.41) is 3.50. The van der Waals surface area contributed by atoms with E-state index in [1.54, 1.807) is 0 Å². The highest BCUT2D eigenvalue weighted by Gasteiger charge is 2.35. The van der Waals surface area contributed by atoms with Crippen LogP contribution in [0.1, 0.15) is 25.0 Å². The number of halogens is 1. The molecular formula is C21H18BrN. The van der Waals surface area contributed by atoms with Crippen LogP contribution in [0.3, 0.4) is 0 Å². The molecule has 0 amide bonds. The van der Waals surface area contributed by atoms with Gasteiger partial charge in [0.2, 0.25) is 0 Å². The summed E-state index contributed by atoms with van der Waals surface area (Å²) in [5.41, 5.74) is 7.79. The molecule has 0 spiro atoms. The zero-order valence-electron chi connectivity index (χ0n) is 13.2. The van der Waals surface area contributed by atoms with Crippen molar-refractivity contribution in [3.8, 4) is 11.1 Å². The van der Waals surface area contributed by atoms with Crippen LogP contribution < -0.4 is 5.32 Å². The molecule has 114 valence electrons. The summed E-state index contributed by atoms with van der Waals surface area (Å²) in [6.07, 6.45) is 0. The molecule has 1 nitrogen and oxygen atoms in total. The van der Waals surface area contributed by atoms with Gasteiger partial charge in [0.25, 0.3) is 0 Å². The van der Waals surface area contributed by atoms with Gasteiger partial charge in [0.1, 0.15) is 0 Å². The van der Waals surface area contributed by atoms with Gasteiger partial charge < -0.3 is 5.32 Å². The molecule has 0 unspecified atom stereocenters. The fourth-order valence-corrected chi connectivity index (χ4v) is 3.75. The Hall–Kier alpha value is -2.06. The summed E-state index contributed by atoms with van der Waals surface area (Å²) < 4.78 is 1.09. The predicted molar refractivity (Wildman–Crippen MR) is 101 cm³/mol. The van der Waals surface area contributed by atoms with E-state index in [2.05, 4.69) is 102 Å². The lowest BCUT2D eigenvalue weighted by Crippen LogP contribution is -2.15. The first kappa shape index (κ1) is 14.5. The number of rotatable bonds is 2. The Morgan fingerprint density at radius 2 is 1.39 bits per heavy atom. The Labute approximate surface area is 145 Å². The lowest BCUT2D eigenvalue weighted by Gasteiger charge is -2.22. The van der Waals surface area contributed by atoms with Crippen molar-refractivity contribution in [3.63, 3.8) is 0 Å². The molecule has 3 aromatic carbocycles. The highest BCUT2D eigenvalue weighted by molar-refractivity contribution is 9.10. The standard InChI is InChI=1S/C21H18BrN/c1-21(2)19-6-4-3-5-17(19)18-12-11-16(13-20(18)21)23-15-9-7-14(22)8-10-15/h3-13,23H,1-2H3. The number of fused-ring (bicyclic) bond motifs is 3. The minimum absolute atomic E-state index is 0.0450. The zero-order chi connectivity index (χ0) is 16.0. The first-order valence-corrected chi connectivity index (χ1v) is 8.62. The molecule has 0 bridgehead atoms. The number of hydrogen-bond acceptors (Lipinski definition) is 1. The van der Waals surface area contributed by atoms with Gasteiger partial charge in [0.15, 0.2) is 0 Å². The first-order valence-electron chi connectivity index (χ1n) is 7.83. The van der Waals surface area contributed by atoms with Crippen molar-refractivity contribution in [3.05, 3.63) is 82.3 Å². The Kier molecular flexibility index (Phi) is 3.31. The maximum Gasteiger partial charge on any atom is 0.0387 e. The molecule has 0 aromatic heterocycles. The number of nitrogens with one attached hydrogen (secondary N) is 1. The van der Waals surface area contributed by atoms with Gasteiger partial charge in [-0.3, -0.25) is 0 Å². The predicted octanol–water partition coefficient (Wildman–Crippen LogP) is 6.50. The number of anilines is 2. The van der Waals surface area contributed by atoms with E-state index >= 15 is 0 Å². The molecule has 0 aliphatic heterocycles. The SMILES string of the molecule is CC1(C)c2ccccc2-c2ccc(Nc3ccc(Br)cc3)cc21. The highest BCUT2D eigenvalue weighted by Crippen LogP contribution is 2.49. The van der Waals surface area contributed by atoms with Crippen molar-refractivity contribution in [1.29, 1.82) is 0 Å². The fourth-order valence-electron chi connectivity index (χ4n) is 3.48. The molecule has 3 aromatic rings. The van der Waals surface area contributed by atoms with Gasteiger partial charge in [-0.2, -0.15) is 0 Å². The third kappa shape index (κ3) is 2.38. The van der Waals surface area contributed by atoms with Crippen molar-refractivity contribution in [2.75, 3.05) is 5.32 Å². The average Bonchev–Trinajstić information content (AvgIpc) is 2.78. The molecule has 1 N–H and O–H groups in total. The first-order chi connectivity index (χ1) is 11.1. The van der Waals surface area contributed by atoms with E-state index in [0.29, 0.717) is 0 Å². The van der Waals surface area contributed by atoms with Crippen LogP contribution in [0.4, 0.5) is 11.4 Å². The lowest BCUT2D eigenvalue weighted by molar-refractivity contribution is 0.660. The fraction of sp³-hybridized carbons (Fsp3) is 0.143. The van der Waals surface area contributed by atoms with Gasteiger partial charge in [0.05, 0.1) is 0 Å². The molecule has 1 aliphatic rings. The second kappa shape index (κ2) is 5.24. The Morgan fingerprint density at radius 1 is 0.739 bits per heavy atom. The third-order valence-corrected chi connectivity index (χ3v) is 5.25. The maximum absolute atomic E-state index is 3.50. The van der Waals surface area contributed by atoms with Gasteiger partial charge in [-0.05, 0) is 58.7 Å². The van der Waals surface area contributed by atoms with Crippen molar-refractivity contribution >= 4 is 27.3 Å². The molecule has 0 saturated heterocycles. The molecule has 0 saturated carbocycles. The van der Waals surface area contributed by atoms with E-state index in [-0.39, 0.29) is 5.41 Å². The largest absolute Gasteiger partial charge is 0.356 e. The van der Waals surface area contributed by atoms with Crippen LogP contribution in [0.5, 0.6) is 0 Å². The normalized spacial score (nSPS) is 14.2. The molecule has 2 heteroatoms. The lowest BCUT2D eigenvalue weighted by atomic mass is 9.82. The summed E-state index contributed by atoms with van der Waals surface area (Å²) >= 11 is 3.48. The zero-order valence-corrected chi connectivity index (χ0v) is 14.8. The van der Waals surface area contributed by atoms with Crippen LogP contribution in [0, 0.1) is 0 Å². The Balaban J connectivity index is 1.75. The van der Waals surface area contributed by atoms with Crippen LogP contribution in [0.2, 0.25) is 0 Å². The molecule has 0 radical (unpaired) electrons. The monoisotopic (exact) mass is 363 g/mol. The second-order valence-electron chi connectivity index (χ2n) is 6.56. The van der Waals surface area contributed by atoms with Gasteiger partial charge in [-0.15, -0.1) is 0 Å². The molecule has 23 heavy (non-hydrogen) atoms. The van der Waals surface area contributed by atoms with Crippen molar-refractivity contribution in [2.24, 2.45) is 0 Å². The molecule has 0 fully saturated rings. The molecule has 0 heterocycles. The molecule has 0 atom stereocenters. The van der Waals surface area contributed by atoms with E-state index in [4.69, 9.17) is 0 Å². The van der Waals surface area contributed by atoms with Gasteiger partial charge in [-0.1, -0.05) is 60.1 Å². The maximum atomic E-state index is 3.50. The van der Waals surface area contributed by atoms with Crippen molar-refractivity contribution in [1.82, 2.24) is 0 Å². The number of hydrogen-bond donors (Lipinski definition) is 1. The van der Waals surface area contributed by atoms with E-state index in [0.717, 1.165) is 15.8 Å². The average molecular weight is 364 g/mol. The van der Waals surface area contributed by atoms with Crippen molar-refractivity contribution in [2.45, 2.75) is 19.3 Å². The van der Waals surface area contributed by atoms with Gasteiger partial charge in [0, 0.05) is 21.3 Å². The Bertz CT molecular complexity index is 879. The summed E-state index contributed by atoms with van der Waals surface area (Å²) in [4.78, 5) is 0. The molecule has 4 rings (SSSR count). The minimum atomic E-state index is 0.0450. The van der Waals surface area contributed by atoms with E-state index in [1.165, 1.54) is 22.3 Å². The summed E-state index contributed by atoms with van der Waals surface area (Å²) in [6.45, 7) is 4.61. The summed E-state index contributed by atoms with van der Waals surface area (Å²) in [6, 6.07) is 23.7. The number of benzene rings is 3. The van der Waals surface area contributed by atoms with E-state index < -0.39 is 0 Å². The summed E-state index contributed by atoms with van der Waals surface area (Å²) in [7, 11) is 0. The second-order valence-corrected chi connectivity index (χ2v) is 7.48. The van der Waals surface area contributed by atoms with Crippen LogP contribution >= 0.6 is 15.9 Å². The third-order valence-electron chi connectivity index (χ3n) is 4.72. The van der Waals surface area contributed by atoms with Gasteiger partial charge >= 0.3 is 0 Å². The molecular weight excluding hydrogens is 346 g/mol. The molecule has 1 aliphatic carbocycles. The van der Waals surface area contributed by atoms with Crippen LogP contribution in [-0.2, 0) is 5.41 Å². The Morgan fingerprint density at radius 3 is 2.17 bits per heavy atom. The van der Waals surface area contributed by atoms with Gasteiger partial charge in [-0.25, -0.2) is 0 Å². The van der Waals surface area contributed by atoms with Crippen LogP contribution in [-0.4, -0.2) is 0 Å².